The van der Waals surface area contributed by atoms with Crippen molar-refractivity contribution >= 4 is 15.7 Å². The van der Waals surface area contributed by atoms with E-state index in [1.165, 1.54) is 7.11 Å². The van der Waals surface area contributed by atoms with Crippen LogP contribution in [0.25, 0.3) is 11.1 Å². The van der Waals surface area contributed by atoms with Crippen LogP contribution in [-0.2, 0) is 10.0 Å². The van der Waals surface area contributed by atoms with Crippen molar-refractivity contribution in [2.75, 3.05) is 11.8 Å². The lowest BCUT2D eigenvalue weighted by Crippen LogP contribution is -2.15. The van der Waals surface area contributed by atoms with E-state index in [-0.39, 0.29) is 4.90 Å². The minimum atomic E-state index is -3.81. The minimum Gasteiger partial charge on any atom is -0.495 e. The number of nitrogens with one attached hydrogen (secondary N) is 1. The Balaban J connectivity index is 2.08. The van der Waals surface area contributed by atoms with Crippen LogP contribution in [0, 0.1) is 27.7 Å². The molecule has 0 saturated heterocycles. The molecule has 27 heavy (non-hydrogen) atoms. The Kier molecular flexibility index (Phi) is 4.97. The van der Waals surface area contributed by atoms with E-state index >= 15 is 0 Å². The van der Waals surface area contributed by atoms with Gasteiger partial charge in [0.2, 0.25) is 0 Å². The molecule has 0 radical (unpaired) electrons. The molecule has 0 fully saturated rings. The molecule has 1 heterocycles. The van der Waals surface area contributed by atoms with Crippen molar-refractivity contribution in [3.8, 4) is 16.9 Å². The first kappa shape index (κ1) is 19.0. The molecule has 3 rings (SSSR count). The number of sulfonamides is 1. The second kappa shape index (κ2) is 7.08. The van der Waals surface area contributed by atoms with Gasteiger partial charge in [-0.3, -0.25) is 4.72 Å². The molecule has 1 N–H and O–H groups in total. The van der Waals surface area contributed by atoms with Crippen molar-refractivity contribution in [1.29, 1.82) is 0 Å². The van der Waals surface area contributed by atoms with Crippen LogP contribution in [-0.4, -0.2) is 20.7 Å². The van der Waals surface area contributed by atoms with E-state index in [4.69, 9.17) is 9.26 Å². The third-order valence-electron chi connectivity index (χ3n) is 4.40. The van der Waals surface area contributed by atoms with E-state index in [1.807, 2.05) is 26.0 Å². The van der Waals surface area contributed by atoms with Gasteiger partial charge in [0.15, 0.2) is 0 Å². The number of hydrogen-bond donors (Lipinski definition) is 1. The molecule has 0 aliphatic rings. The number of aromatic nitrogens is 1. The van der Waals surface area contributed by atoms with Gasteiger partial charge >= 0.3 is 0 Å². The minimum absolute atomic E-state index is 0.198. The summed E-state index contributed by atoms with van der Waals surface area (Å²) in [4.78, 5) is 0.198. The van der Waals surface area contributed by atoms with E-state index in [1.54, 1.807) is 38.1 Å². The van der Waals surface area contributed by atoms with Gasteiger partial charge in [-0.1, -0.05) is 23.4 Å². The highest BCUT2D eigenvalue weighted by atomic mass is 32.2. The second-order valence-corrected chi connectivity index (χ2v) is 8.14. The molecule has 3 aromatic rings. The summed E-state index contributed by atoms with van der Waals surface area (Å²) >= 11 is 0. The highest BCUT2D eigenvalue weighted by Crippen LogP contribution is 2.32. The highest BCUT2D eigenvalue weighted by Gasteiger charge is 2.21. The average Bonchev–Trinajstić information content (AvgIpc) is 2.94. The molecule has 1 aromatic heterocycles. The average molecular weight is 386 g/mol. The molecule has 0 bridgehead atoms. The van der Waals surface area contributed by atoms with Gasteiger partial charge in [0.05, 0.1) is 23.4 Å². The molecular weight excluding hydrogens is 364 g/mol. The molecule has 0 aliphatic heterocycles. The first-order chi connectivity index (χ1) is 12.7. The lowest BCUT2D eigenvalue weighted by molar-refractivity contribution is 0.393. The van der Waals surface area contributed by atoms with E-state index in [0.717, 1.165) is 16.7 Å². The van der Waals surface area contributed by atoms with Crippen LogP contribution >= 0.6 is 0 Å². The Bertz CT molecular complexity index is 1080. The fourth-order valence-corrected chi connectivity index (χ4v) is 4.37. The fraction of sp³-hybridized carbons (Fsp3) is 0.250. The summed E-state index contributed by atoms with van der Waals surface area (Å²) in [5, 5.41) is 3.95. The molecule has 0 saturated carbocycles. The molecule has 142 valence electrons. The maximum absolute atomic E-state index is 13.1. The van der Waals surface area contributed by atoms with Crippen molar-refractivity contribution in [2.24, 2.45) is 0 Å². The number of benzene rings is 2. The SMILES string of the molecule is COc1ccc(C)cc1NS(=O)(=O)c1cc(-c2c(C)noc2C)ccc1C. The smallest absolute Gasteiger partial charge is 0.262 e. The van der Waals surface area contributed by atoms with Crippen LogP contribution in [0.3, 0.4) is 0 Å². The molecule has 2 aromatic carbocycles. The lowest BCUT2D eigenvalue weighted by atomic mass is 10.0. The fourth-order valence-electron chi connectivity index (χ4n) is 3.04. The quantitative estimate of drug-likeness (QED) is 0.703. The molecule has 0 amide bonds. The van der Waals surface area contributed by atoms with Crippen LogP contribution in [0.4, 0.5) is 5.69 Å². The molecule has 0 unspecified atom stereocenters. The van der Waals surface area contributed by atoms with Crippen molar-refractivity contribution in [1.82, 2.24) is 5.16 Å². The zero-order chi connectivity index (χ0) is 19.8. The Morgan fingerprint density at radius 1 is 1.04 bits per heavy atom. The Labute approximate surface area is 159 Å². The Morgan fingerprint density at radius 3 is 2.41 bits per heavy atom. The van der Waals surface area contributed by atoms with E-state index in [2.05, 4.69) is 9.88 Å². The van der Waals surface area contributed by atoms with Crippen molar-refractivity contribution < 1.29 is 17.7 Å². The number of hydrogen-bond acceptors (Lipinski definition) is 5. The van der Waals surface area contributed by atoms with E-state index in [0.29, 0.717) is 28.5 Å². The molecule has 0 aliphatic carbocycles. The molecular formula is C20H22N2O4S. The number of rotatable bonds is 5. The predicted octanol–water partition coefficient (Wildman–Crippen LogP) is 4.38. The van der Waals surface area contributed by atoms with Gasteiger partial charge in [0, 0.05) is 5.56 Å². The molecule has 0 spiro atoms. The van der Waals surface area contributed by atoms with Gasteiger partial charge < -0.3 is 9.26 Å². The Hall–Kier alpha value is -2.80. The summed E-state index contributed by atoms with van der Waals surface area (Å²) in [5.41, 5.74) is 4.24. The molecule has 6 nitrogen and oxygen atoms in total. The van der Waals surface area contributed by atoms with Gasteiger partial charge in [-0.15, -0.1) is 0 Å². The number of methoxy groups -OCH3 is 1. The van der Waals surface area contributed by atoms with E-state index < -0.39 is 10.0 Å². The standard InChI is InChI=1S/C20H22N2O4S/c1-12-6-9-18(25-5)17(10-12)22-27(23,24)19-11-16(8-7-13(19)2)20-14(3)21-26-15(20)4/h6-11,22H,1-5H3. The summed E-state index contributed by atoms with van der Waals surface area (Å²) in [6, 6.07) is 10.6. The number of nitrogens with zero attached hydrogens (tertiary/aromatic N) is 1. The van der Waals surface area contributed by atoms with Crippen LogP contribution < -0.4 is 9.46 Å². The van der Waals surface area contributed by atoms with Gasteiger partial charge in [0.1, 0.15) is 11.5 Å². The highest BCUT2D eigenvalue weighted by molar-refractivity contribution is 7.92. The van der Waals surface area contributed by atoms with Crippen LogP contribution in [0.5, 0.6) is 5.75 Å². The number of ether oxygens (including phenoxy) is 1. The zero-order valence-electron chi connectivity index (χ0n) is 16.0. The van der Waals surface area contributed by atoms with Gasteiger partial charge in [-0.05, 0) is 62.6 Å². The van der Waals surface area contributed by atoms with E-state index in [9.17, 15) is 8.42 Å². The normalized spacial score (nSPS) is 11.4. The van der Waals surface area contributed by atoms with Crippen LogP contribution in [0.2, 0.25) is 0 Å². The lowest BCUT2D eigenvalue weighted by Gasteiger charge is -2.15. The Morgan fingerprint density at radius 2 is 1.78 bits per heavy atom. The predicted molar refractivity (Wildman–Crippen MR) is 105 cm³/mol. The largest absolute Gasteiger partial charge is 0.495 e. The monoisotopic (exact) mass is 386 g/mol. The third kappa shape index (κ3) is 3.68. The van der Waals surface area contributed by atoms with Gasteiger partial charge in [-0.2, -0.15) is 0 Å². The summed E-state index contributed by atoms with van der Waals surface area (Å²) in [5.74, 6) is 1.11. The number of aryl methyl sites for hydroxylation is 4. The maximum Gasteiger partial charge on any atom is 0.262 e. The summed E-state index contributed by atoms with van der Waals surface area (Å²) in [6.45, 7) is 7.29. The van der Waals surface area contributed by atoms with Gasteiger partial charge in [-0.25, -0.2) is 8.42 Å². The van der Waals surface area contributed by atoms with Crippen molar-refractivity contribution in [3.63, 3.8) is 0 Å². The topological polar surface area (TPSA) is 81.4 Å². The summed E-state index contributed by atoms with van der Waals surface area (Å²) < 4.78 is 39.3. The van der Waals surface area contributed by atoms with Crippen molar-refractivity contribution in [3.05, 3.63) is 59.0 Å². The van der Waals surface area contributed by atoms with Gasteiger partial charge in [0.25, 0.3) is 10.0 Å². The van der Waals surface area contributed by atoms with Crippen LogP contribution in [0.15, 0.2) is 45.8 Å². The second-order valence-electron chi connectivity index (χ2n) is 6.49. The first-order valence-electron chi connectivity index (χ1n) is 8.44. The molecule has 7 heteroatoms. The third-order valence-corrected chi connectivity index (χ3v) is 5.91. The summed E-state index contributed by atoms with van der Waals surface area (Å²) in [7, 11) is -2.31. The summed E-state index contributed by atoms with van der Waals surface area (Å²) in [6.07, 6.45) is 0. The van der Waals surface area contributed by atoms with Crippen LogP contribution in [0.1, 0.15) is 22.6 Å². The molecule has 0 atom stereocenters. The first-order valence-corrected chi connectivity index (χ1v) is 9.92. The zero-order valence-corrected chi connectivity index (χ0v) is 16.8. The maximum atomic E-state index is 13.1. The van der Waals surface area contributed by atoms with Crippen molar-refractivity contribution in [2.45, 2.75) is 32.6 Å². The number of anilines is 1.